The van der Waals surface area contributed by atoms with Crippen LogP contribution in [-0.2, 0) is 19.0 Å². The Morgan fingerprint density at radius 3 is 1.12 bits per heavy atom. The van der Waals surface area contributed by atoms with Crippen LogP contribution in [0.3, 0.4) is 0 Å². The van der Waals surface area contributed by atoms with Crippen LogP contribution in [0.2, 0.25) is 0 Å². The van der Waals surface area contributed by atoms with E-state index in [1.165, 1.54) is 228 Å². The highest BCUT2D eigenvalue weighted by Crippen LogP contribution is 2.73. The first-order valence-electron chi connectivity index (χ1n) is 42.4. The van der Waals surface area contributed by atoms with Crippen molar-refractivity contribution < 1.29 is 19.0 Å². The quantitative estimate of drug-likeness (QED) is 0.112. The zero-order valence-electron chi connectivity index (χ0n) is 64.5. The van der Waals surface area contributed by atoms with Gasteiger partial charge in [0.1, 0.15) is 5.78 Å². The molecule has 105 heavy (non-hydrogen) atoms. The van der Waals surface area contributed by atoms with Crippen molar-refractivity contribution in [3.05, 3.63) is 197 Å². The summed E-state index contributed by atoms with van der Waals surface area (Å²) in [6.45, 7) is 21.9. The Balaban J connectivity index is 0.000000109. The van der Waals surface area contributed by atoms with E-state index in [1.54, 1.807) is 22.3 Å². The van der Waals surface area contributed by atoms with Crippen LogP contribution in [0, 0.1) is 34.0 Å². The number of carbonyl (C=O) groups excluding carboxylic acids is 1. The molecule has 9 heteroatoms. The molecular formula is C96H117N5O4. The molecule has 550 valence electrons. The van der Waals surface area contributed by atoms with Crippen molar-refractivity contribution >= 4 is 38.1 Å². The van der Waals surface area contributed by atoms with Crippen molar-refractivity contribution in [1.29, 1.82) is 0 Å². The number of hydrogen-bond acceptors (Lipinski definition) is 9. The highest BCUT2D eigenvalue weighted by Gasteiger charge is 2.70. The van der Waals surface area contributed by atoms with Crippen LogP contribution in [0.15, 0.2) is 180 Å². The number of allylic oxidation sites excluding steroid dienone is 3. The molecule has 3 saturated heterocycles. The van der Waals surface area contributed by atoms with Crippen LogP contribution in [0.4, 0.5) is 0 Å². The van der Waals surface area contributed by atoms with E-state index in [0.717, 1.165) is 25.7 Å². The van der Waals surface area contributed by atoms with Gasteiger partial charge in [-0.3, -0.25) is 19.7 Å². The maximum atomic E-state index is 12.4. The number of pyridine rings is 3. The summed E-state index contributed by atoms with van der Waals surface area (Å²) >= 11 is 0. The molecule has 15 aliphatic rings. The van der Waals surface area contributed by atoms with Gasteiger partial charge in [-0.2, -0.15) is 0 Å². The topological polar surface area (TPSA) is 89.9 Å². The van der Waals surface area contributed by atoms with Crippen LogP contribution >= 0.6 is 0 Å². The van der Waals surface area contributed by atoms with Crippen LogP contribution in [0.25, 0.3) is 32.3 Å². The van der Waals surface area contributed by atoms with Crippen molar-refractivity contribution in [3.63, 3.8) is 0 Å². The van der Waals surface area contributed by atoms with Gasteiger partial charge in [0.25, 0.3) is 0 Å². The van der Waals surface area contributed by atoms with E-state index in [1.807, 2.05) is 37.2 Å². The van der Waals surface area contributed by atoms with Crippen molar-refractivity contribution in [2.24, 2.45) is 34.0 Å². The molecule has 6 saturated carbocycles. The number of carbonyl (C=O) groups is 1. The number of ether oxygens (including phenoxy) is 3. The summed E-state index contributed by atoms with van der Waals surface area (Å²) in [4.78, 5) is 31.1. The van der Waals surface area contributed by atoms with Gasteiger partial charge in [0.2, 0.25) is 0 Å². The summed E-state index contributed by atoms with van der Waals surface area (Å²) in [5.41, 5.74) is 13.7. The summed E-state index contributed by atoms with van der Waals surface area (Å²) in [7, 11) is 0. The fraction of sp³-hybridized carbons (Fsp3) is 0.583. The van der Waals surface area contributed by atoms with Crippen LogP contribution in [0.5, 0.6) is 0 Å². The Bertz CT molecular complexity index is 4430. The summed E-state index contributed by atoms with van der Waals surface area (Å²) < 4.78 is 22.3. The van der Waals surface area contributed by atoms with Gasteiger partial charge >= 0.3 is 0 Å². The molecule has 2 unspecified atom stereocenters. The van der Waals surface area contributed by atoms with Crippen LogP contribution in [-0.4, -0.2) is 102 Å². The molecule has 6 spiro atoms. The number of hydrogen-bond donors (Lipinski definition) is 0. The second kappa shape index (κ2) is 26.0. The molecule has 9 heterocycles. The van der Waals surface area contributed by atoms with Gasteiger partial charge in [-0.05, 0) is 348 Å². The lowest BCUT2D eigenvalue weighted by molar-refractivity contribution is -0.146. The first kappa shape index (κ1) is 69.3. The number of Topliss-reactive ketones (excluding diaryl/α,β-unsaturated/α-hetero) is 1. The minimum Gasteiger partial charge on any atom is -0.359 e. The van der Waals surface area contributed by atoms with Crippen molar-refractivity contribution in [2.75, 3.05) is 26.2 Å². The third-order valence-electron chi connectivity index (χ3n) is 32.1. The molecule has 0 radical (unpaired) electrons. The maximum Gasteiger partial charge on any atom is 0.136 e. The zero-order valence-corrected chi connectivity index (χ0v) is 64.5. The average Bonchev–Trinajstić information content (AvgIpc) is 1.55. The van der Waals surface area contributed by atoms with Gasteiger partial charge < -0.3 is 24.0 Å². The van der Waals surface area contributed by atoms with Gasteiger partial charge in [0, 0.05) is 78.3 Å². The lowest BCUT2D eigenvalue weighted by Crippen LogP contribution is -2.55. The molecule has 21 rings (SSSR count). The molecular weight excluding hydrogens is 1290 g/mol. The molecule has 3 aromatic carbocycles. The molecule has 6 aromatic rings. The Morgan fingerprint density at radius 1 is 0.400 bits per heavy atom. The van der Waals surface area contributed by atoms with E-state index in [2.05, 4.69) is 182 Å². The Morgan fingerprint density at radius 2 is 0.752 bits per heavy atom. The number of aromatic nitrogens is 3. The molecule has 3 aromatic heterocycles. The maximum absolute atomic E-state index is 12.4. The van der Waals surface area contributed by atoms with Crippen LogP contribution < -0.4 is 0 Å². The minimum absolute atomic E-state index is 0.00898. The standard InChI is InChI=1S/2C34H44N2O.C28H29NO2/c2*1-4-18-36(19-5-2)29-9-8-27-21-28-12-14-32(3)30(25-7-6-24-13-17-35-23-26(24)20-25)10-11-31(32)34(28)16-15-33(27,22-29)37-34;1-26-10-8-22-15-21-4-5-23(30)16-27(21)11-12-28(22,31-27)25(26)7-6-24(26)19-3-2-18-9-13-29-17-20(18)14-19/h2*6-7,12-13,17,20-21,23,29-31H,4-5,8-11,14-16,18-19,22H2,1-3H3;2-3,8-9,13-15,17,24-25H,4-7,10-12,16H2,1H3/t29-,30?,31+,32+,33+,34+;29-,30?,31-,32-,33-,34-;24-,25-,26-,27-,28-/m011/s1. The number of nitrogens with zero attached hydrogens (tertiary/aromatic N) is 5. The summed E-state index contributed by atoms with van der Waals surface area (Å²) in [6, 6.07) is 28.9. The van der Waals surface area contributed by atoms with E-state index >= 15 is 0 Å². The molecule has 0 N–H and O–H groups in total. The first-order chi connectivity index (χ1) is 51.0. The Labute approximate surface area is 626 Å². The highest BCUT2D eigenvalue weighted by atomic mass is 16.5. The Kier molecular flexibility index (Phi) is 17.1. The van der Waals surface area contributed by atoms with Gasteiger partial charge in [-0.15, -0.1) is 0 Å². The summed E-state index contributed by atoms with van der Waals surface area (Å²) in [5, 5.41) is 7.63. The number of benzene rings is 3. The molecule has 9 fully saturated rings. The normalized spacial score (nSPS) is 39.0. The highest BCUT2D eigenvalue weighted by molar-refractivity contribution is 5.85. The van der Waals surface area contributed by atoms with Gasteiger partial charge in [-0.25, -0.2) is 0 Å². The van der Waals surface area contributed by atoms with E-state index in [9.17, 15) is 4.79 Å². The molecule has 9 nitrogen and oxygen atoms in total. The predicted octanol–water partition coefficient (Wildman–Crippen LogP) is 22.0. The lowest BCUT2D eigenvalue weighted by atomic mass is 9.58. The minimum atomic E-state index is -0.294. The van der Waals surface area contributed by atoms with E-state index < -0.39 is 0 Å². The second-order valence-corrected chi connectivity index (χ2v) is 37.1. The van der Waals surface area contributed by atoms with Crippen molar-refractivity contribution in [3.8, 4) is 0 Å². The molecule has 0 amide bonds. The zero-order chi connectivity index (χ0) is 71.4. The second-order valence-electron chi connectivity index (χ2n) is 37.1. The van der Waals surface area contributed by atoms with Crippen molar-refractivity contribution in [1.82, 2.24) is 24.8 Å². The molecule has 9 aliphatic carbocycles. The van der Waals surface area contributed by atoms with Gasteiger partial charge in [0.15, 0.2) is 0 Å². The van der Waals surface area contributed by atoms with Crippen LogP contribution in [0.1, 0.15) is 263 Å². The first-order valence-corrected chi connectivity index (χ1v) is 42.4. The third kappa shape index (κ3) is 10.7. The van der Waals surface area contributed by atoms with E-state index in [4.69, 9.17) is 14.2 Å². The Hall–Kier alpha value is -6.20. The summed E-state index contributed by atoms with van der Waals surface area (Å²) in [6.07, 6.45) is 59.7. The molecule has 6 bridgehead atoms. The molecule has 17 atom stereocenters. The van der Waals surface area contributed by atoms with Crippen molar-refractivity contribution in [2.45, 2.75) is 292 Å². The fourth-order valence-corrected chi connectivity index (χ4v) is 27.3. The van der Waals surface area contributed by atoms with Gasteiger partial charge in [-0.1, -0.05) is 121 Å². The third-order valence-corrected chi connectivity index (χ3v) is 32.1. The number of ketones is 1. The van der Waals surface area contributed by atoms with E-state index in [-0.39, 0.29) is 49.9 Å². The smallest absolute Gasteiger partial charge is 0.136 e. The monoisotopic (exact) mass is 1400 g/mol. The molecule has 6 aliphatic heterocycles. The average molecular weight is 1410 g/mol. The number of rotatable bonds is 13. The van der Waals surface area contributed by atoms with E-state index in [0.29, 0.717) is 66.2 Å². The predicted molar refractivity (Wildman–Crippen MR) is 424 cm³/mol. The number of fused-ring (bicyclic) bond motifs is 6. The fourth-order valence-electron chi connectivity index (χ4n) is 27.3. The van der Waals surface area contributed by atoms with Gasteiger partial charge in [0.05, 0.1) is 33.6 Å². The largest absolute Gasteiger partial charge is 0.359 e. The SMILES string of the molecule is CCCN(CCC)[C@@H]1CCC2=CC3=CC[C@]4(C)C(c5ccc6ccncc6c5)CC[C@H]4[C@@]34CC[C@]2(C1)O4.CCCN(CCC)[C@H]1CCC2=CC3=CC[C@]4(C)C(c5ccc6ccncc6c5)CC[C@H]4[C@@]34CC[C@]2(C1)O4.C[C@]12CC=C3C=C4CCC(=O)C[C@]45CC[C@]3(O5)[C@@H]1CC[C@@H]2c1ccc2ccncc2c1. The summed E-state index contributed by atoms with van der Waals surface area (Å²) in [5.74, 6) is 3.82. The lowest BCUT2D eigenvalue weighted by Gasteiger charge is -2.55.